The molecular weight excluding hydrogens is 437 g/mol. The largest absolute Gasteiger partial charge is 0.347 e. The van der Waals surface area contributed by atoms with Gasteiger partial charge in [0.15, 0.2) is 0 Å². The van der Waals surface area contributed by atoms with E-state index in [2.05, 4.69) is 25.3 Å². The number of aromatic amines is 1. The van der Waals surface area contributed by atoms with Crippen molar-refractivity contribution in [1.82, 2.24) is 24.8 Å². The highest BCUT2D eigenvalue weighted by atomic mass is 35.5. The number of amides is 2. The molecule has 11 heteroatoms. The van der Waals surface area contributed by atoms with Gasteiger partial charge >= 0.3 is 6.03 Å². The minimum absolute atomic E-state index is 0.0342. The lowest BCUT2D eigenvalue weighted by Gasteiger charge is -2.21. The van der Waals surface area contributed by atoms with E-state index < -0.39 is 17.4 Å². The lowest BCUT2D eigenvalue weighted by atomic mass is 10.1. The van der Waals surface area contributed by atoms with Crippen LogP contribution in [0.15, 0.2) is 23.0 Å². The van der Waals surface area contributed by atoms with Gasteiger partial charge in [0.2, 0.25) is 11.9 Å². The van der Waals surface area contributed by atoms with Crippen LogP contribution >= 0.6 is 11.6 Å². The van der Waals surface area contributed by atoms with E-state index in [0.717, 1.165) is 6.42 Å². The number of nitrogens with one attached hydrogen (secondary N) is 2. The molecule has 0 aliphatic carbocycles. The molecule has 9 nitrogen and oxygen atoms in total. The number of carbonyl (C=O) groups excluding carboxylic acids is 1. The van der Waals surface area contributed by atoms with Crippen molar-refractivity contribution in [3.63, 3.8) is 0 Å². The van der Waals surface area contributed by atoms with Crippen LogP contribution in [0.2, 0.25) is 5.02 Å². The zero-order valence-electron chi connectivity index (χ0n) is 18.1. The molecule has 1 saturated heterocycles. The second kappa shape index (κ2) is 8.34. The summed E-state index contributed by atoms with van der Waals surface area (Å²) >= 11 is 5.98. The van der Waals surface area contributed by atoms with Crippen molar-refractivity contribution in [2.24, 2.45) is 0 Å². The molecule has 2 atom stereocenters. The van der Waals surface area contributed by atoms with E-state index in [4.69, 9.17) is 11.6 Å². The van der Waals surface area contributed by atoms with Crippen molar-refractivity contribution in [2.45, 2.75) is 39.3 Å². The van der Waals surface area contributed by atoms with E-state index in [1.54, 1.807) is 42.8 Å². The maximum atomic E-state index is 13.7. The number of aromatic nitrogens is 4. The van der Waals surface area contributed by atoms with Gasteiger partial charge < -0.3 is 15.2 Å². The fourth-order valence-corrected chi connectivity index (χ4v) is 4.06. The molecule has 1 aromatic carbocycles. The normalized spacial score (nSPS) is 17.3. The minimum atomic E-state index is -0.602. The highest BCUT2D eigenvalue weighted by Crippen LogP contribution is 2.27. The summed E-state index contributed by atoms with van der Waals surface area (Å²) in [6, 6.07) is 3.76. The predicted molar refractivity (Wildman–Crippen MR) is 121 cm³/mol. The van der Waals surface area contributed by atoms with Crippen molar-refractivity contribution in [3.8, 4) is 0 Å². The molecule has 2 amide bonds. The van der Waals surface area contributed by atoms with E-state index in [-0.39, 0.29) is 34.5 Å². The third-order valence-corrected chi connectivity index (χ3v) is 5.92. The summed E-state index contributed by atoms with van der Waals surface area (Å²) in [4.78, 5) is 44.2. The van der Waals surface area contributed by atoms with Crippen LogP contribution in [0.25, 0.3) is 10.9 Å². The highest BCUT2D eigenvalue weighted by Gasteiger charge is 2.37. The molecule has 0 radical (unpaired) electrons. The van der Waals surface area contributed by atoms with Gasteiger partial charge in [-0.05, 0) is 38.5 Å². The first-order valence-electron chi connectivity index (χ1n) is 10.2. The molecular formula is C21H23ClFN7O2. The second-order valence-corrected chi connectivity index (χ2v) is 8.22. The van der Waals surface area contributed by atoms with E-state index in [0.29, 0.717) is 23.3 Å². The van der Waals surface area contributed by atoms with Crippen LogP contribution in [0.3, 0.4) is 0 Å². The number of urea groups is 1. The number of pyridine rings is 1. The van der Waals surface area contributed by atoms with Crippen LogP contribution in [0, 0.1) is 12.7 Å². The average Bonchev–Trinajstić information content (AvgIpc) is 3.04. The van der Waals surface area contributed by atoms with Crippen LogP contribution in [0.5, 0.6) is 0 Å². The number of fused-ring (bicyclic) bond motifs is 1. The van der Waals surface area contributed by atoms with Gasteiger partial charge in [0.1, 0.15) is 16.7 Å². The number of anilines is 2. The number of hydrogen-bond acceptors (Lipinski definition) is 6. The van der Waals surface area contributed by atoms with Gasteiger partial charge in [0.05, 0.1) is 17.6 Å². The average molecular weight is 460 g/mol. The monoisotopic (exact) mass is 459 g/mol. The van der Waals surface area contributed by atoms with Crippen molar-refractivity contribution in [3.05, 3.63) is 50.8 Å². The summed E-state index contributed by atoms with van der Waals surface area (Å²) in [7, 11) is 1.74. The molecule has 168 valence electrons. The quantitative estimate of drug-likeness (QED) is 0.603. The molecule has 0 unspecified atom stereocenters. The first-order chi connectivity index (χ1) is 15.2. The summed E-state index contributed by atoms with van der Waals surface area (Å²) in [5, 5.41) is 3.58. The van der Waals surface area contributed by atoms with Gasteiger partial charge in [0, 0.05) is 24.5 Å². The molecule has 3 heterocycles. The summed E-state index contributed by atoms with van der Waals surface area (Å²) < 4.78 is 13.7. The first-order valence-corrected chi connectivity index (χ1v) is 10.6. The summed E-state index contributed by atoms with van der Waals surface area (Å²) in [5.41, 5.74) is 0.245. The minimum Gasteiger partial charge on any atom is -0.347 e. The fraction of sp³-hybridized carbons (Fsp3) is 0.381. The van der Waals surface area contributed by atoms with Crippen LogP contribution in [0.1, 0.15) is 37.7 Å². The molecule has 3 aromatic rings. The maximum Gasteiger partial charge on any atom is 0.327 e. The van der Waals surface area contributed by atoms with Crippen LogP contribution in [-0.4, -0.2) is 50.5 Å². The molecule has 1 aliphatic heterocycles. The number of halogens is 2. The Kier molecular flexibility index (Phi) is 5.72. The number of H-pyrrole nitrogens is 1. The third kappa shape index (κ3) is 3.86. The molecule has 0 bridgehead atoms. The summed E-state index contributed by atoms with van der Waals surface area (Å²) in [6.45, 7) is 6.09. The SMILES string of the molecule is CC[C@H]1CN(C)C(=O)N1c1nc(C)nc(N[C@@H](C)c2cc3ccc(F)c(Cl)c3[nH]c2=O)n1. The fourth-order valence-electron chi connectivity index (χ4n) is 3.84. The lowest BCUT2D eigenvalue weighted by molar-refractivity contribution is 0.229. The zero-order chi connectivity index (χ0) is 23.2. The topological polar surface area (TPSA) is 107 Å². The standard InChI is InChI=1S/C21H23ClFN7O2/c1-5-13-9-29(4)21(32)30(13)20-26-11(3)25-19(28-20)24-10(2)14-8-12-6-7-15(23)16(22)17(12)27-18(14)31/h6-8,10,13H,5,9H2,1-4H3,(H,27,31)(H,24,25,26,28)/t10-,13-/m0/s1. The molecule has 32 heavy (non-hydrogen) atoms. The Morgan fingerprint density at radius 1 is 1.31 bits per heavy atom. The van der Waals surface area contributed by atoms with Crippen molar-refractivity contribution < 1.29 is 9.18 Å². The Bertz CT molecular complexity index is 1260. The maximum absolute atomic E-state index is 13.7. The predicted octanol–water partition coefficient (Wildman–Crippen LogP) is 3.64. The molecule has 2 aromatic heterocycles. The van der Waals surface area contributed by atoms with Gasteiger partial charge in [-0.1, -0.05) is 18.5 Å². The number of benzene rings is 1. The lowest BCUT2D eigenvalue weighted by Crippen LogP contribution is -2.36. The first kappa shape index (κ1) is 21.9. The van der Waals surface area contributed by atoms with E-state index in [9.17, 15) is 14.0 Å². The van der Waals surface area contributed by atoms with E-state index in [1.165, 1.54) is 6.07 Å². The number of aryl methyl sites for hydroxylation is 1. The Balaban J connectivity index is 1.66. The second-order valence-electron chi connectivity index (χ2n) is 7.85. The Morgan fingerprint density at radius 3 is 2.78 bits per heavy atom. The Morgan fingerprint density at radius 2 is 2.06 bits per heavy atom. The molecule has 1 aliphatic rings. The zero-order valence-corrected chi connectivity index (χ0v) is 18.9. The highest BCUT2D eigenvalue weighted by molar-refractivity contribution is 6.35. The molecule has 0 saturated carbocycles. The molecule has 0 spiro atoms. The van der Waals surface area contributed by atoms with Crippen LogP contribution in [0.4, 0.5) is 21.1 Å². The Hall–Kier alpha value is -3.27. The van der Waals surface area contributed by atoms with Crippen LogP contribution in [-0.2, 0) is 0 Å². The number of hydrogen-bond donors (Lipinski definition) is 2. The molecule has 2 N–H and O–H groups in total. The van der Waals surface area contributed by atoms with E-state index >= 15 is 0 Å². The molecule has 4 rings (SSSR count). The number of rotatable bonds is 5. The van der Waals surface area contributed by atoms with Gasteiger partial charge in [-0.25, -0.2) is 9.18 Å². The van der Waals surface area contributed by atoms with E-state index in [1.807, 2.05) is 6.92 Å². The number of carbonyl (C=O) groups is 1. The van der Waals surface area contributed by atoms with Gasteiger partial charge in [-0.3, -0.25) is 9.69 Å². The molecule has 1 fully saturated rings. The van der Waals surface area contributed by atoms with Crippen LogP contribution < -0.4 is 15.8 Å². The number of nitrogens with zero attached hydrogens (tertiary/aromatic N) is 5. The van der Waals surface area contributed by atoms with Crippen molar-refractivity contribution in [2.75, 3.05) is 23.8 Å². The number of likely N-dealkylation sites (N-methyl/N-ethyl adjacent to an activating group) is 1. The van der Waals surface area contributed by atoms with Crippen molar-refractivity contribution in [1.29, 1.82) is 0 Å². The van der Waals surface area contributed by atoms with Gasteiger partial charge in [0.25, 0.3) is 5.56 Å². The van der Waals surface area contributed by atoms with Gasteiger partial charge in [-0.2, -0.15) is 15.0 Å². The smallest absolute Gasteiger partial charge is 0.327 e. The Labute approximate surface area is 188 Å². The van der Waals surface area contributed by atoms with Gasteiger partial charge in [-0.15, -0.1) is 0 Å². The summed E-state index contributed by atoms with van der Waals surface area (Å²) in [6.07, 6.45) is 0.760. The summed E-state index contributed by atoms with van der Waals surface area (Å²) in [5.74, 6) is 0.350. The van der Waals surface area contributed by atoms with Crippen molar-refractivity contribution >= 4 is 40.4 Å². The third-order valence-electron chi connectivity index (χ3n) is 5.56.